The van der Waals surface area contributed by atoms with Gasteiger partial charge in [0, 0.05) is 44.5 Å². The van der Waals surface area contributed by atoms with Crippen molar-refractivity contribution in [3.63, 3.8) is 0 Å². The van der Waals surface area contributed by atoms with Gasteiger partial charge in [0.15, 0.2) is 0 Å². The molecule has 0 radical (unpaired) electrons. The van der Waals surface area contributed by atoms with E-state index in [0.29, 0.717) is 0 Å². The Balaban J connectivity index is 1.19. The maximum absolute atomic E-state index is 6.28. The minimum Gasteiger partial charge on any atom is -0.497 e. The molecule has 0 N–H and O–H groups in total. The molecule has 15 rings (SSSR count). The molecule has 0 unspecified atom stereocenters. The van der Waals surface area contributed by atoms with Crippen molar-refractivity contribution in [2.45, 2.75) is 58.2 Å². The fourth-order valence-corrected chi connectivity index (χ4v) is 13.2. The molecular formula is C74H60N4O4. The average molecular weight is 1070 g/mol. The largest absolute Gasteiger partial charge is 0.497 e. The Labute approximate surface area is 476 Å². The Hall–Kier alpha value is -9.53. The van der Waals surface area contributed by atoms with E-state index in [0.717, 1.165) is 118 Å². The van der Waals surface area contributed by atoms with E-state index in [9.17, 15) is 0 Å². The monoisotopic (exact) mass is 1070 g/mol. The molecule has 3 heterocycles. The van der Waals surface area contributed by atoms with Crippen molar-refractivity contribution in [3.05, 3.63) is 210 Å². The van der Waals surface area contributed by atoms with Crippen LogP contribution in [0.2, 0.25) is 0 Å². The van der Waals surface area contributed by atoms with E-state index in [-0.39, 0.29) is 10.8 Å². The topological polar surface area (TPSA) is 79.5 Å². The first kappa shape index (κ1) is 49.5. The van der Waals surface area contributed by atoms with E-state index >= 15 is 0 Å². The number of aliphatic imine (C=N–C) groups is 2. The molecule has 8 heteroatoms. The number of hydrogen-bond donors (Lipinski definition) is 0. The van der Waals surface area contributed by atoms with Gasteiger partial charge in [-0.15, -0.1) is 0 Å². The third-order valence-corrected chi connectivity index (χ3v) is 17.4. The lowest BCUT2D eigenvalue weighted by Gasteiger charge is -2.31. The van der Waals surface area contributed by atoms with Crippen molar-refractivity contribution in [3.8, 4) is 68.0 Å². The van der Waals surface area contributed by atoms with E-state index in [1.165, 1.54) is 54.2 Å². The van der Waals surface area contributed by atoms with Gasteiger partial charge in [-0.3, -0.25) is 4.57 Å². The maximum Gasteiger partial charge on any atom is 0.262 e. The second-order valence-electron chi connectivity index (χ2n) is 24.2. The Morgan fingerprint density at radius 3 is 1.16 bits per heavy atom. The maximum atomic E-state index is 6.28. The summed E-state index contributed by atoms with van der Waals surface area (Å²) < 4.78 is 25.5. The van der Waals surface area contributed by atoms with E-state index in [1.807, 2.05) is 48.5 Å². The minimum atomic E-state index is -1.53. The molecule has 0 saturated heterocycles. The SMILES string of the molecule is COc1ccc(C2=NC3(N=C2c2ccc(OC)cc2)c2cc4ccc5cc(C(C)(C)C)cc6ccc(c2-c2c(cc7ccc8cc(C(C)(C)C)cc9ccc2c7c89)-c2nc(-c7ccc(OC)cc7)c(-c7ccc(OC)cc7)n23)c4c56)cc1. The first-order valence-corrected chi connectivity index (χ1v) is 28.1. The van der Waals surface area contributed by atoms with E-state index in [1.54, 1.807) is 28.4 Å². The van der Waals surface area contributed by atoms with Gasteiger partial charge in [-0.05, 0) is 196 Å². The third-order valence-electron chi connectivity index (χ3n) is 17.4. The first-order valence-electron chi connectivity index (χ1n) is 28.1. The summed E-state index contributed by atoms with van der Waals surface area (Å²) in [5.41, 5.74) is 13.3. The molecular weight excluding hydrogens is 1010 g/mol. The van der Waals surface area contributed by atoms with Crippen molar-refractivity contribution in [1.82, 2.24) is 9.55 Å². The molecule has 0 aliphatic carbocycles. The number of fused-ring (bicyclic) bond motifs is 9. The summed E-state index contributed by atoms with van der Waals surface area (Å²) in [5.74, 6) is 2.19. The lowest BCUT2D eigenvalue weighted by Crippen LogP contribution is -2.31. The number of benzene rings is 12. The second-order valence-corrected chi connectivity index (χ2v) is 24.2. The molecule has 13 aromatic rings. The lowest BCUT2D eigenvalue weighted by atomic mass is 9.79. The highest BCUT2D eigenvalue weighted by atomic mass is 16.5. The van der Waals surface area contributed by atoms with Crippen molar-refractivity contribution < 1.29 is 18.9 Å². The van der Waals surface area contributed by atoms with Gasteiger partial charge in [-0.1, -0.05) is 114 Å². The molecule has 0 bridgehead atoms. The van der Waals surface area contributed by atoms with E-state index in [4.69, 9.17) is 33.9 Å². The van der Waals surface area contributed by atoms with Crippen LogP contribution < -0.4 is 18.9 Å². The van der Waals surface area contributed by atoms with E-state index in [2.05, 4.69) is 180 Å². The zero-order chi connectivity index (χ0) is 56.1. The smallest absolute Gasteiger partial charge is 0.262 e. The highest BCUT2D eigenvalue weighted by Gasteiger charge is 2.49. The van der Waals surface area contributed by atoms with Crippen molar-refractivity contribution in [2.24, 2.45) is 9.98 Å². The van der Waals surface area contributed by atoms with Gasteiger partial charge in [-0.25, -0.2) is 15.0 Å². The van der Waals surface area contributed by atoms with Crippen LogP contribution in [0.15, 0.2) is 192 Å². The molecule has 2 aliphatic heterocycles. The zero-order valence-electron chi connectivity index (χ0n) is 47.7. The molecule has 8 nitrogen and oxygen atoms in total. The molecule has 0 fully saturated rings. The Kier molecular flexibility index (Phi) is 10.7. The van der Waals surface area contributed by atoms with Gasteiger partial charge in [0.2, 0.25) is 0 Å². The van der Waals surface area contributed by atoms with Crippen LogP contribution in [0.3, 0.4) is 0 Å². The predicted molar refractivity (Wildman–Crippen MR) is 338 cm³/mol. The number of methoxy groups -OCH3 is 4. The van der Waals surface area contributed by atoms with Gasteiger partial charge >= 0.3 is 0 Å². The van der Waals surface area contributed by atoms with Gasteiger partial charge in [0.25, 0.3) is 5.79 Å². The van der Waals surface area contributed by atoms with Crippen LogP contribution in [0.5, 0.6) is 23.0 Å². The summed E-state index contributed by atoms with van der Waals surface area (Å²) in [6, 6.07) is 66.0. The number of aromatic nitrogens is 2. The summed E-state index contributed by atoms with van der Waals surface area (Å²) in [4.78, 5) is 18.6. The molecule has 1 spiro atoms. The van der Waals surface area contributed by atoms with E-state index < -0.39 is 5.79 Å². The molecule has 0 saturated carbocycles. The van der Waals surface area contributed by atoms with Crippen molar-refractivity contribution in [1.29, 1.82) is 0 Å². The number of rotatable bonds is 8. The summed E-state index contributed by atoms with van der Waals surface area (Å²) >= 11 is 0. The summed E-state index contributed by atoms with van der Waals surface area (Å²) in [7, 11) is 6.80. The quantitative estimate of drug-likeness (QED) is 0.142. The summed E-state index contributed by atoms with van der Waals surface area (Å²) in [6.07, 6.45) is 0. The second kappa shape index (κ2) is 17.7. The summed E-state index contributed by atoms with van der Waals surface area (Å²) in [5, 5.41) is 14.3. The molecule has 1 aromatic heterocycles. The number of nitrogens with zero attached hydrogens (tertiary/aromatic N) is 4. The Bertz CT molecular complexity index is 4720. The molecule has 0 amide bonds. The molecule has 82 heavy (non-hydrogen) atoms. The fourth-order valence-electron chi connectivity index (χ4n) is 13.2. The minimum absolute atomic E-state index is 0.0436. The van der Waals surface area contributed by atoms with Crippen molar-refractivity contribution >= 4 is 76.1 Å². The number of ether oxygens (including phenoxy) is 4. The van der Waals surface area contributed by atoms with Crippen molar-refractivity contribution in [2.75, 3.05) is 28.4 Å². The summed E-state index contributed by atoms with van der Waals surface area (Å²) in [6.45, 7) is 13.8. The average Bonchev–Trinajstić information content (AvgIpc) is 1.99. The first-order chi connectivity index (χ1) is 39.7. The van der Waals surface area contributed by atoms with Crippen LogP contribution in [0.1, 0.15) is 69.4 Å². The highest BCUT2D eigenvalue weighted by Crippen LogP contribution is 2.58. The van der Waals surface area contributed by atoms with Gasteiger partial charge < -0.3 is 18.9 Å². The third kappa shape index (κ3) is 7.26. The normalized spacial score (nSPS) is 14.0. The van der Waals surface area contributed by atoms with Crippen LogP contribution in [0, 0.1) is 0 Å². The van der Waals surface area contributed by atoms with Crippen LogP contribution in [-0.4, -0.2) is 49.4 Å². The fraction of sp³-hybridized carbons (Fsp3) is 0.176. The number of hydrogen-bond acceptors (Lipinski definition) is 7. The van der Waals surface area contributed by atoms with Gasteiger partial charge in [-0.2, -0.15) is 0 Å². The Morgan fingerprint density at radius 2 is 0.744 bits per heavy atom. The van der Waals surface area contributed by atoms with Gasteiger partial charge in [0.05, 0.1) is 51.3 Å². The van der Waals surface area contributed by atoms with Crippen LogP contribution in [0.4, 0.5) is 0 Å². The molecule has 400 valence electrons. The van der Waals surface area contributed by atoms with Gasteiger partial charge in [0.1, 0.15) is 28.8 Å². The Morgan fingerprint density at radius 1 is 0.378 bits per heavy atom. The predicted octanol–water partition coefficient (Wildman–Crippen LogP) is 17.9. The van der Waals surface area contributed by atoms with Crippen LogP contribution in [0.25, 0.3) is 110 Å². The lowest BCUT2D eigenvalue weighted by molar-refractivity contribution is 0.411. The molecule has 2 aliphatic rings. The zero-order valence-corrected chi connectivity index (χ0v) is 47.7. The van der Waals surface area contributed by atoms with Crippen LogP contribution in [-0.2, 0) is 16.6 Å². The molecule has 0 atom stereocenters. The highest BCUT2D eigenvalue weighted by molar-refractivity contribution is 6.54. The van der Waals surface area contributed by atoms with Crippen LogP contribution >= 0.6 is 0 Å². The standard InChI is InChI=1S/C74H60N4O4/c1-72(2,3)51-35-45-11-13-49-39-59-65(57-33-23-47(37-51)61(45)63(49)57)66-58-34-24-48-38-52(73(4,5)6)36-46-12-14-50(64(58)62(46)48)40-60(66)74(76-67(41-15-25-53(79-7)26-16-41)68(77-74)42-17-27-54(80-8)28-18-42)78-70(44-21-31-56(82-10)32-22-44)69(75-71(59)78)43-19-29-55(81-9)30-20-43/h11-40H,1-10H3. The molecule has 12 aromatic carbocycles. The number of imidazole rings is 1.